The van der Waals surface area contributed by atoms with Gasteiger partial charge in [-0.1, -0.05) is 6.07 Å². The highest BCUT2D eigenvalue weighted by Crippen LogP contribution is 2.17. The molecule has 4 rings (SSSR count). The van der Waals surface area contributed by atoms with E-state index in [-0.39, 0.29) is 5.91 Å². The predicted octanol–water partition coefficient (Wildman–Crippen LogP) is 1.52. The second-order valence-corrected chi connectivity index (χ2v) is 6.43. The van der Waals surface area contributed by atoms with E-state index >= 15 is 0 Å². The van der Waals surface area contributed by atoms with Gasteiger partial charge in [0, 0.05) is 44.8 Å². The third-order valence-electron chi connectivity index (χ3n) is 4.62. The van der Waals surface area contributed by atoms with Gasteiger partial charge in [0.1, 0.15) is 5.69 Å². The second-order valence-electron chi connectivity index (χ2n) is 6.43. The Bertz CT molecular complexity index is 895. The smallest absolute Gasteiger partial charge is 0.270 e. The number of piperazine rings is 1. The van der Waals surface area contributed by atoms with Crippen LogP contribution < -0.4 is 15.1 Å². The SMILES string of the molecule is O=C(NCc1ccccn1)c1ccc(N2CCN(c3ncccn3)CC2)cn1. The van der Waals surface area contributed by atoms with Crippen LogP contribution in [0.3, 0.4) is 0 Å². The highest BCUT2D eigenvalue weighted by Gasteiger charge is 2.19. The molecule has 8 heteroatoms. The van der Waals surface area contributed by atoms with E-state index in [1.807, 2.05) is 30.3 Å². The fraction of sp³-hybridized carbons (Fsp3) is 0.250. The van der Waals surface area contributed by atoms with E-state index in [9.17, 15) is 4.79 Å². The molecule has 3 aromatic heterocycles. The summed E-state index contributed by atoms with van der Waals surface area (Å²) < 4.78 is 0. The summed E-state index contributed by atoms with van der Waals surface area (Å²) in [5, 5.41) is 2.84. The molecule has 1 aliphatic heterocycles. The zero-order valence-electron chi connectivity index (χ0n) is 15.4. The van der Waals surface area contributed by atoms with Gasteiger partial charge >= 0.3 is 0 Å². The molecule has 8 nitrogen and oxygen atoms in total. The van der Waals surface area contributed by atoms with Gasteiger partial charge in [0.2, 0.25) is 5.95 Å². The molecule has 0 spiro atoms. The van der Waals surface area contributed by atoms with E-state index in [4.69, 9.17) is 0 Å². The first-order chi connectivity index (χ1) is 13.8. The Labute approximate surface area is 163 Å². The molecule has 0 saturated carbocycles. The summed E-state index contributed by atoms with van der Waals surface area (Å²) in [4.78, 5) is 33.8. The Morgan fingerprint density at radius 2 is 1.61 bits per heavy atom. The second kappa shape index (κ2) is 8.43. The molecule has 142 valence electrons. The number of carbonyl (C=O) groups excluding carboxylic acids is 1. The molecule has 1 fully saturated rings. The Kier molecular flexibility index (Phi) is 5.37. The number of pyridine rings is 2. The average Bonchev–Trinajstić information content (AvgIpc) is 2.79. The molecule has 1 saturated heterocycles. The Hall–Kier alpha value is -3.55. The molecule has 0 unspecified atom stereocenters. The van der Waals surface area contributed by atoms with Gasteiger partial charge in [0.25, 0.3) is 5.91 Å². The summed E-state index contributed by atoms with van der Waals surface area (Å²) >= 11 is 0. The summed E-state index contributed by atoms with van der Waals surface area (Å²) in [6.07, 6.45) is 6.98. The number of nitrogens with zero attached hydrogens (tertiary/aromatic N) is 6. The van der Waals surface area contributed by atoms with Crippen molar-refractivity contribution in [2.45, 2.75) is 6.54 Å². The Morgan fingerprint density at radius 1 is 0.857 bits per heavy atom. The quantitative estimate of drug-likeness (QED) is 0.723. The number of hydrogen-bond donors (Lipinski definition) is 1. The van der Waals surface area contributed by atoms with E-state index in [0.29, 0.717) is 12.2 Å². The largest absolute Gasteiger partial charge is 0.367 e. The van der Waals surface area contributed by atoms with Crippen LogP contribution in [-0.2, 0) is 6.54 Å². The van der Waals surface area contributed by atoms with E-state index in [1.165, 1.54) is 0 Å². The molecule has 1 aliphatic rings. The maximum absolute atomic E-state index is 12.3. The number of amides is 1. The molecule has 1 N–H and O–H groups in total. The van der Waals surface area contributed by atoms with Gasteiger partial charge in [0.05, 0.1) is 24.1 Å². The highest BCUT2D eigenvalue weighted by molar-refractivity contribution is 5.92. The lowest BCUT2D eigenvalue weighted by atomic mass is 10.2. The molecule has 28 heavy (non-hydrogen) atoms. The first-order valence-corrected chi connectivity index (χ1v) is 9.21. The first kappa shape index (κ1) is 17.8. The van der Waals surface area contributed by atoms with E-state index in [2.05, 4.69) is 35.1 Å². The Balaban J connectivity index is 1.31. The maximum Gasteiger partial charge on any atom is 0.270 e. The van der Waals surface area contributed by atoms with Crippen LogP contribution in [0, 0.1) is 0 Å². The van der Waals surface area contributed by atoms with Crippen molar-refractivity contribution in [1.29, 1.82) is 0 Å². The zero-order chi connectivity index (χ0) is 19.2. The monoisotopic (exact) mass is 375 g/mol. The van der Waals surface area contributed by atoms with E-state index < -0.39 is 0 Å². The van der Waals surface area contributed by atoms with Crippen molar-refractivity contribution in [1.82, 2.24) is 25.3 Å². The minimum atomic E-state index is -0.205. The number of nitrogens with one attached hydrogen (secondary N) is 1. The molecular formula is C20H21N7O. The molecule has 0 atom stereocenters. The minimum absolute atomic E-state index is 0.205. The van der Waals surface area contributed by atoms with E-state index in [1.54, 1.807) is 30.9 Å². The lowest BCUT2D eigenvalue weighted by molar-refractivity contribution is 0.0945. The number of anilines is 2. The van der Waals surface area contributed by atoms with Crippen LogP contribution in [0.2, 0.25) is 0 Å². The first-order valence-electron chi connectivity index (χ1n) is 9.21. The summed E-state index contributed by atoms with van der Waals surface area (Å²) in [6, 6.07) is 11.1. The van der Waals surface area contributed by atoms with Crippen LogP contribution in [0.1, 0.15) is 16.2 Å². The van der Waals surface area contributed by atoms with Gasteiger partial charge in [-0.15, -0.1) is 0 Å². The fourth-order valence-corrected chi connectivity index (χ4v) is 3.09. The van der Waals surface area contributed by atoms with Crippen molar-refractivity contribution >= 4 is 17.5 Å². The number of rotatable bonds is 5. The maximum atomic E-state index is 12.3. The van der Waals surface area contributed by atoms with Crippen LogP contribution in [-0.4, -0.2) is 52.0 Å². The molecule has 1 amide bonds. The Morgan fingerprint density at radius 3 is 2.29 bits per heavy atom. The molecule has 4 heterocycles. The fourth-order valence-electron chi connectivity index (χ4n) is 3.09. The van der Waals surface area contributed by atoms with Crippen LogP contribution in [0.25, 0.3) is 0 Å². The standard InChI is InChI=1S/C20H21N7O/c28-19(25-14-16-4-1-2-7-21-16)18-6-5-17(15-24-18)26-10-12-27(13-11-26)20-22-8-3-9-23-20/h1-9,15H,10-14H2,(H,25,28). The number of aromatic nitrogens is 4. The van der Waals surface area contributed by atoms with E-state index in [0.717, 1.165) is 43.5 Å². The number of hydrogen-bond acceptors (Lipinski definition) is 7. The highest BCUT2D eigenvalue weighted by atomic mass is 16.1. The third-order valence-corrected chi connectivity index (χ3v) is 4.62. The van der Waals surface area contributed by atoms with Crippen LogP contribution in [0.4, 0.5) is 11.6 Å². The van der Waals surface area contributed by atoms with Crippen molar-refractivity contribution in [2.24, 2.45) is 0 Å². The van der Waals surface area contributed by atoms with Gasteiger partial charge in [-0.05, 0) is 30.3 Å². The third kappa shape index (κ3) is 4.22. The molecule has 0 bridgehead atoms. The van der Waals surface area contributed by atoms with Gasteiger partial charge < -0.3 is 15.1 Å². The van der Waals surface area contributed by atoms with Crippen molar-refractivity contribution in [3.05, 3.63) is 72.6 Å². The van der Waals surface area contributed by atoms with Gasteiger partial charge in [-0.3, -0.25) is 9.78 Å². The minimum Gasteiger partial charge on any atom is -0.367 e. The van der Waals surface area contributed by atoms with Crippen molar-refractivity contribution in [2.75, 3.05) is 36.0 Å². The number of carbonyl (C=O) groups is 1. The normalized spacial score (nSPS) is 14.0. The lowest BCUT2D eigenvalue weighted by Crippen LogP contribution is -2.47. The van der Waals surface area contributed by atoms with Gasteiger partial charge in [-0.25, -0.2) is 15.0 Å². The molecule has 0 radical (unpaired) electrons. The van der Waals surface area contributed by atoms with Crippen molar-refractivity contribution in [3.63, 3.8) is 0 Å². The van der Waals surface area contributed by atoms with Gasteiger partial charge in [-0.2, -0.15) is 0 Å². The molecular weight excluding hydrogens is 354 g/mol. The van der Waals surface area contributed by atoms with Crippen molar-refractivity contribution < 1.29 is 4.79 Å². The van der Waals surface area contributed by atoms with Crippen molar-refractivity contribution in [3.8, 4) is 0 Å². The zero-order valence-corrected chi connectivity index (χ0v) is 15.4. The predicted molar refractivity (Wildman–Crippen MR) is 106 cm³/mol. The summed E-state index contributed by atoms with van der Waals surface area (Å²) in [7, 11) is 0. The molecule has 0 aliphatic carbocycles. The average molecular weight is 375 g/mol. The van der Waals surface area contributed by atoms with Crippen LogP contribution in [0.15, 0.2) is 61.2 Å². The summed E-state index contributed by atoms with van der Waals surface area (Å²) in [6.45, 7) is 3.77. The summed E-state index contributed by atoms with van der Waals surface area (Å²) in [5.41, 5.74) is 2.22. The molecule has 3 aromatic rings. The molecule has 0 aromatic carbocycles. The lowest BCUT2D eigenvalue weighted by Gasteiger charge is -2.35. The van der Waals surface area contributed by atoms with Crippen LogP contribution >= 0.6 is 0 Å². The summed E-state index contributed by atoms with van der Waals surface area (Å²) in [5.74, 6) is 0.559. The topological polar surface area (TPSA) is 87.1 Å². The van der Waals surface area contributed by atoms with Gasteiger partial charge in [0.15, 0.2) is 0 Å². The van der Waals surface area contributed by atoms with Crippen LogP contribution in [0.5, 0.6) is 0 Å².